The van der Waals surface area contributed by atoms with Crippen molar-refractivity contribution in [2.45, 2.75) is 23.9 Å². The van der Waals surface area contributed by atoms with Crippen LogP contribution in [0.15, 0.2) is 119 Å². The molecule has 41 heavy (non-hydrogen) atoms. The number of rotatable bonds is 11. The molecule has 10 heteroatoms. The van der Waals surface area contributed by atoms with Crippen molar-refractivity contribution in [2.24, 2.45) is 0 Å². The molecule has 0 spiro atoms. The first kappa shape index (κ1) is 30.0. The quantitative estimate of drug-likeness (QED) is 0.246. The average Bonchev–Trinajstić information content (AvgIpc) is 2.99. The van der Waals surface area contributed by atoms with Gasteiger partial charge in [0.15, 0.2) is 0 Å². The highest BCUT2D eigenvalue weighted by atomic mass is 79.9. The normalized spacial score (nSPS) is 11.9. The molecule has 0 aromatic heterocycles. The summed E-state index contributed by atoms with van der Waals surface area (Å²) in [6, 6.07) is 28.4. The summed E-state index contributed by atoms with van der Waals surface area (Å²) < 4.78 is 44.2. The number of nitrogens with one attached hydrogen (secondary N) is 1. The third-order valence-electron chi connectivity index (χ3n) is 6.52. The molecule has 212 valence electrons. The molecular formula is C31H29BrFN3O4S. The minimum absolute atomic E-state index is 0.000524. The lowest BCUT2D eigenvalue weighted by Crippen LogP contribution is -2.53. The van der Waals surface area contributed by atoms with Gasteiger partial charge in [-0.2, -0.15) is 0 Å². The van der Waals surface area contributed by atoms with Gasteiger partial charge in [0.25, 0.3) is 10.0 Å². The largest absolute Gasteiger partial charge is 0.357 e. The van der Waals surface area contributed by atoms with Crippen LogP contribution in [0.3, 0.4) is 0 Å². The van der Waals surface area contributed by atoms with Crippen LogP contribution in [0.2, 0.25) is 0 Å². The molecule has 0 bridgehead atoms. The number of likely N-dealkylation sites (N-methyl/N-ethyl adjacent to an activating group) is 1. The summed E-state index contributed by atoms with van der Waals surface area (Å²) in [4.78, 5) is 28.6. The Bertz CT molecular complexity index is 1600. The van der Waals surface area contributed by atoms with E-state index in [4.69, 9.17) is 0 Å². The highest BCUT2D eigenvalue weighted by molar-refractivity contribution is 9.10. The number of carbonyl (C=O) groups is 2. The topological polar surface area (TPSA) is 86.8 Å². The van der Waals surface area contributed by atoms with Crippen LogP contribution in [-0.2, 0) is 32.6 Å². The van der Waals surface area contributed by atoms with Crippen LogP contribution >= 0.6 is 15.9 Å². The van der Waals surface area contributed by atoms with Crippen LogP contribution in [-0.4, -0.2) is 44.8 Å². The van der Waals surface area contributed by atoms with Gasteiger partial charge in [-0.25, -0.2) is 12.8 Å². The van der Waals surface area contributed by atoms with E-state index in [1.807, 2.05) is 30.3 Å². The maximum Gasteiger partial charge on any atom is 0.264 e. The molecule has 4 aromatic carbocycles. The number of hydrogen-bond donors (Lipinski definition) is 1. The zero-order valence-electron chi connectivity index (χ0n) is 22.3. The predicted molar refractivity (Wildman–Crippen MR) is 160 cm³/mol. The van der Waals surface area contributed by atoms with Crippen LogP contribution in [0.25, 0.3) is 0 Å². The van der Waals surface area contributed by atoms with Gasteiger partial charge in [-0.3, -0.25) is 13.9 Å². The standard InChI is InChI=1S/C31H29BrFN3O4S/c1-34-31(38)29(19-23-11-4-2-5-12-23)35(21-24-13-8-9-18-28(24)33)30(37)22-36(26-15-10-14-25(32)20-26)41(39,40)27-16-6-3-7-17-27/h2-18,20,29H,19,21-22H2,1H3,(H,34,38)/t29-/m1/s1. The number of hydrogen-bond acceptors (Lipinski definition) is 4. The lowest BCUT2D eigenvalue weighted by molar-refractivity contribution is -0.139. The Labute approximate surface area is 247 Å². The molecule has 4 rings (SSSR count). The van der Waals surface area contributed by atoms with Gasteiger partial charge in [-0.1, -0.05) is 88.7 Å². The second-order valence-electron chi connectivity index (χ2n) is 9.24. The third kappa shape index (κ3) is 7.39. The molecule has 0 saturated carbocycles. The first-order valence-electron chi connectivity index (χ1n) is 12.8. The van der Waals surface area contributed by atoms with Crippen molar-refractivity contribution in [3.05, 3.63) is 131 Å². The van der Waals surface area contributed by atoms with Gasteiger partial charge in [0.2, 0.25) is 11.8 Å². The van der Waals surface area contributed by atoms with Crippen molar-refractivity contribution in [1.82, 2.24) is 10.2 Å². The number of nitrogens with zero attached hydrogens (tertiary/aromatic N) is 2. The summed E-state index contributed by atoms with van der Waals surface area (Å²) in [5, 5.41) is 2.60. The lowest BCUT2D eigenvalue weighted by Gasteiger charge is -2.33. The average molecular weight is 639 g/mol. The minimum Gasteiger partial charge on any atom is -0.357 e. The molecule has 7 nitrogen and oxygen atoms in total. The molecule has 1 N–H and O–H groups in total. The molecule has 1 atom stereocenters. The van der Waals surface area contributed by atoms with E-state index in [2.05, 4.69) is 21.2 Å². The van der Waals surface area contributed by atoms with E-state index >= 15 is 0 Å². The molecular weight excluding hydrogens is 609 g/mol. The van der Waals surface area contributed by atoms with E-state index < -0.39 is 40.2 Å². The van der Waals surface area contributed by atoms with E-state index in [1.54, 1.807) is 48.5 Å². The molecule has 0 heterocycles. The molecule has 0 aliphatic carbocycles. The molecule has 2 amide bonds. The van der Waals surface area contributed by atoms with Gasteiger partial charge in [-0.15, -0.1) is 0 Å². The number of halogens is 2. The summed E-state index contributed by atoms with van der Waals surface area (Å²) >= 11 is 3.38. The smallest absolute Gasteiger partial charge is 0.264 e. The van der Waals surface area contributed by atoms with E-state index in [1.165, 1.54) is 42.3 Å². The maximum absolute atomic E-state index is 14.8. The van der Waals surface area contributed by atoms with Gasteiger partial charge < -0.3 is 10.2 Å². The van der Waals surface area contributed by atoms with Gasteiger partial charge >= 0.3 is 0 Å². The van der Waals surface area contributed by atoms with Crippen molar-refractivity contribution in [1.29, 1.82) is 0 Å². The number of benzene rings is 4. The van der Waals surface area contributed by atoms with Gasteiger partial charge in [0.05, 0.1) is 10.6 Å². The van der Waals surface area contributed by atoms with E-state index in [9.17, 15) is 22.4 Å². The fraction of sp³-hybridized carbons (Fsp3) is 0.161. The predicted octanol–water partition coefficient (Wildman–Crippen LogP) is 5.17. The highest BCUT2D eigenvalue weighted by Gasteiger charge is 2.34. The first-order valence-corrected chi connectivity index (χ1v) is 15.1. The highest BCUT2D eigenvalue weighted by Crippen LogP contribution is 2.27. The fourth-order valence-electron chi connectivity index (χ4n) is 4.41. The van der Waals surface area contributed by atoms with Crippen molar-refractivity contribution < 1.29 is 22.4 Å². The maximum atomic E-state index is 14.8. The first-order chi connectivity index (χ1) is 19.7. The summed E-state index contributed by atoms with van der Waals surface area (Å²) in [7, 11) is -2.74. The van der Waals surface area contributed by atoms with Crippen LogP contribution < -0.4 is 9.62 Å². The van der Waals surface area contributed by atoms with Crippen molar-refractivity contribution in [3.8, 4) is 0 Å². The van der Waals surface area contributed by atoms with Gasteiger partial charge in [0.1, 0.15) is 18.4 Å². The molecule has 0 unspecified atom stereocenters. The number of anilines is 1. The second kappa shape index (κ2) is 13.6. The van der Waals surface area contributed by atoms with Gasteiger partial charge in [0, 0.05) is 30.0 Å². The SMILES string of the molecule is CNC(=O)[C@@H](Cc1ccccc1)N(Cc1ccccc1F)C(=O)CN(c1cccc(Br)c1)S(=O)(=O)c1ccccc1. The zero-order chi connectivity index (χ0) is 29.4. The Kier molecular flexibility index (Phi) is 9.91. The van der Waals surface area contributed by atoms with Crippen molar-refractivity contribution in [2.75, 3.05) is 17.9 Å². The van der Waals surface area contributed by atoms with Crippen LogP contribution in [0, 0.1) is 5.82 Å². The molecule has 4 aromatic rings. The van der Waals surface area contributed by atoms with Gasteiger partial charge in [-0.05, 0) is 42.0 Å². The summed E-state index contributed by atoms with van der Waals surface area (Å²) in [6.45, 7) is -0.863. The fourth-order valence-corrected chi connectivity index (χ4v) is 6.22. The Morgan fingerprint density at radius 2 is 1.51 bits per heavy atom. The summed E-state index contributed by atoms with van der Waals surface area (Å²) in [5.41, 5.74) is 1.23. The van der Waals surface area contributed by atoms with E-state index in [0.717, 1.165) is 9.87 Å². The number of carbonyl (C=O) groups excluding carboxylic acids is 2. The molecule has 0 fully saturated rings. The third-order valence-corrected chi connectivity index (χ3v) is 8.80. The molecule has 0 saturated heterocycles. The monoisotopic (exact) mass is 637 g/mol. The summed E-state index contributed by atoms with van der Waals surface area (Å²) in [6.07, 6.45) is 0.142. The molecule has 0 aliphatic heterocycles. The van der Waals surface area contributed by atoms with Crippen LogP contribution in [0.1, 0.15) is 11.1 Å². The lowest BCUT2D eigenvalue weighted by atomic mass is 10.0. The molecule has 0 radical (unpaired) electrons. The Balaban J connectivity index is 1.79. The number of sulfonamides is 1. The zero-order valence-corrected chi connectivity index (χ0v) is 24.7. The summed E-state index contributed by atoms with van der Waals surface area (Å²) in [5.74, 6) is -1.67. The molecule has 0 aliphatic rings. The Hall–Kier alpha value is -4.02. The van der Waals surface area contributed by atoms with E-state index in [0.29, 0.717) is 4.47 Å². The Morgan fingerprint density at radius 3 is 2.15 bits per heavy atom. The number of amides is 2. The Morgan fingerprint density at radius 1 is 0.878 bits per heavy atom. The van der Waals surface area contributed by atoms with Crippen molar-refractivity contribution in [3.63, 3.8) is 0 Å². The minimum atomic E-state index is -4.20. The van der Waals surface area contributed by atoms with Crippen molar-refractivity contribution >= 4 is 43.5 Å². The van der Waals surface area contributed by atoms with Crippen LogP contribution in [0.5, 0.6) is 0 Å². The second-order valence-corrected chi connectivity index (χ2v) is 12.0. The van der Waals surface area contributed by atoms with Crippen LogP contribution in [0.4, 0.5) is 10.1 Å². The van der Waals surface area contributed by atoms with E-state index in [-0.39, 0.29) is 29.1 Å².